The van der Waals surface area contributed by atoms with Gasteiger partial charge in [0.15, 0.2) is 5.78 Å². The SMILES string of the molecule is CN1c2ccc([N+](=O)[O-])cc2C(C)(C)C12C=Cc1cc(C(=O)c3ccccc3)ccc1O2. The number of fused-ring (bicyclic) bond motifs is 2. The van der Waals surface area contributed by atoms with Crippen LogP contribution in [0.4, 0.5) is 11.4 Å². The molecule has 6 nitrogen and oxygen atoms in total. The molecule has 6 heteroatoms. The first kappa shape index (κ1) is 20.0. The molecule has 32 heavy (non-hydrogen) atoms. The largest absolute Gasteiger partial charge is 0.463 e. The van der Waals surface area contributed by atoms with E-state index >= 15 is 0 Å². The van der Waals surface area contributed by atoms with E-state index in [1.54, 1.807) is 30.3 Å². The van der Waals surface area contributed by atoms with Crippen molar-refractivity contribution in [3.63, 3.8) is 0 Å². The molecule has 0 bridgehead atoms. The molecule has 0 aliphatic carbocycles. The number of non-ortho nitro benzene ring substituents is 1. The average Bonchev–Trinajstić information content (AvgIpc) is 2.96. The molecule has 1 unspecified atom stereocenters. The van der Waals surface area contributed by atoms with Gasteiger partial charge < -0.3 is 9.64 Å². The number of hydrogen-bond donors (Lipinski definition) is 0. The number of anilines is 1. The number of nitro benzene ring substituents is 1. The maximum atomic E-state index is 12.8. The van der Waals surface area contributed by atoms with E-state index < -0.39 is 11.1 Å². The van der Waals surface area contributed by atoms with E-state index in [1.807, 2.05) is 68.3 Å². The lowest BCUT2D eigenvalue weighted by atomic mass is 9.76. The van der Waals surface area contributed by atoms with Crippen molar-refractivity contribution in [3.8, 4) is 5.75 Å². The second kappa shape index (κ2) is 6.79. The molecule has 0 saturated heterocycles. The van der Waals surface area contributed by atoms with Gasteiger partial charge in [0.2, 0.25) is 5.72 Å². The van der Waals surface area contributed by atoms with Crippen molar-refractivity contribution in [3.05, 3.63) is 105 Å². The van der Waals surface area contributed by atoms with Gasteiger partial charge in [-0.25, -0.2) is 0 Å². The summed E-state index contributed by atoms with van der Waals surface area (Å²) in [7, 11) is 1.93. The Morgan fingerprint density at radius 2 is 1.75 bits per heavy atom. The van der Waals surface area contributed by atoms with Crippen LogP contribution < -0.4 is 9.64 Å². The van der Waals surface area contributed by atoms with Gasteiger partial charge in [-0.15, -0.1) is 0 Å². The second-order valence-corrected chi connectivity index (χ2v) is 8.72. The van der Waals surface area contributed by atoms with Gasteiger partial charge in [0, 0.05) is 41.6 Å². The normalized spacial score (nSPS) is 19.9. The molecule has 160 valence electrons. The Labute approximate surface area is 185 Å². The number of ketones is 1. The highest BCUT2D eigenvalue weighted by Crippen LogP contribution is 2.54. The summed E-state index contributed by atoms with van der Waals surface area (Å²) in [5, 5.41) is 11.3. The summed E-state index contributed by atoms with van der Waals surface area (Å²) in [6, 6.07) is 19.6. The lowest BCUT2D eigenvalue weighted by Gasteiger charge is -2.45. The summed E-state index contributed by atoms with van der Waals surface area (Å²) in [4.78, 5) is 25.8. The Morgan fingerprint density at radius 1 is 1.00 bits per heavy atom. The third kappa shape index (κ3) is 2.69. The molecule has 1 spiro atoms. The van der Waals surface area contributed by atoms with Crippen LogP contribution in [0.1, 0.15) is 40.9 Å². The molecular formula is C26H22N2O4. The van der Waals surface area contributed by atoms with Crippen LogP contribution in [0.5, 0.6) is 5.75 Å². The van der Waals surface area contributed by atoms with E-state index in [4.69, 9.17) is 4.74 Å². The number of hydrogen-bond acceptors (Lipinski definition) is 5. The minimum absolute atomic E-state index is 0.0416. The summed E-state index contributed by atoms with van der Waals surface area (Å²) >= 11 is 0. The van der Waals surface area contributed by atoms with Crippen molar-refractivity contribution >= 4 is 23.2 Å². The summed E-state index contributed by atoms with van der Waals surface area (Å²) in [6.45, 7) is 4.06. The van der Waals surface area contributed by atoms with Gasteiger partial charge in [0.1, 0.15) is 5.75 Å². The zero-order chi connectivity index (χ0) is 22.7. The van der Waals surface area contributed by atoms with Crippen LogP contribution in [0.2, 0.25) is 0 Å². The number of rotatable bonds is 3. The molecule has 5 rings (SSSR count). The number of carbonyl (C=O) groups is 1. The van der Waals surface area contributed by atoms with E-state index in [-0.39, 0.29) is 16.4 Å². The molecule has 2 heterocycles. The van der Waals surface area contributed by atoms with Gasteiger partial charge in [0.25, 0.3) is 5.69 Å². The number of carbonyl (C=O) groups excluding carboxylic acids is 1. The molecule has 0 amide bonds. The minimum atomic E-state index is -0.845. The summed E-state index contributed by atoms with van der Waals surface area (Å²) < 4.78 is 6.59. The first-order valence-electron chi connectivity index (χ1n) is 10.4. The topological polar surface area (TPSA) is 72.7 Å². The highest BCUT2D eigenvalue weighted by molar-refractivity contribution is 6.09. The maximum absolute atomic E-state index is 12.8. The van der Waals surface area contributed by atoms with Crippen molar-refractivity contribution in [1.82, 2.24) is 0 Å². The average molecular weight is 426 g/mol. The van der Waals surface area contributed by atoms with Crippen molar-refractivity contribution in [2.24, 2.45) is 0 Å². The van der Waals surface area contributed by atoms with Crippen molar-refractivity contribution in [2.45, 2.75) is 25.0 Å². The third-order valence-corrected chi connectivity index (χ3v) is 6.68. The minimum Gasteiger partial charge on any atom is -0.463 e. The van der Waals surface area contributed by atoms with Crippen LogP contribution in [0.25, 0.3) is 6.08 Å². The van der Waals surface area contributed by atoms with E-state index in [0.717, 1.165) is 16.8 Å². The highest BCUT2D eigenvalue weighted by Gasteiger charge is 2.58. The molecule has 3 aromatic carbocycles. The predicted octanol–water partition coefficient (Wildman–Crippen LogP) is 5.36. The fourth-order valence-electron chi connectivity index (χ4n) is 4.81. The van der Waals surface area contributed by atoms with Crippen LogP contribution in [0, 0.1) is 10.1 Å². The van der Waals surface area contributed by atoms with Gasteiger partial charge >= 0.3 is 0 Å². The molecule has 1 atom stereocenters. The van der Waals surface area contributed by atoms with E-state index in [1.165, 1.54) is 6.07 Å². The van der Waals surface area contributed by atoms with Crippen molar-refractivity contribution in [2.75, 3.05) is 11.9 Å². The Bertz CT molecular complexity index is 1300. The van der Waals surface area contributed by atoms with E-state index in [0.29, 0.717) is 16.9 Å². The lowest BCUT2D eigenvalue weighted by molar-refractivity contribution is -0.384. The van der Waals surface area contributed by atoms with E-state index in [9.17, 15) is 14.9 Å². The molecule has 3 aromatic rings. The Kier molecular flexibility index (Phi) is 4.24. The van der Waals surface area contributed by atoms with Crippen LogP contribution in [0.3, 0.4) is 0 Å². The van der Waals surface area contributed by atoms with Crippen molar-refractivity contribution in [1.29, 1.82) is 0 Å². The van der Waals surface area contributed by atoms with Crippen LogP contribution >= 0.6 is 0 Å². The Hall–Kier alpha value is -3.93. The summed E-state index contributed by atoms with van der Waals surface area (Å²) in [6.07, 6.45) is 3.96. The fraction of sp³-hybridized carbons (Fsp3) is 0.192. The predicted molar refractivity (Wildman–Crippen MR) is 123 cm³/mol. The first-order valence-corrected chi connectivity index (χ1v) is 10.4. The maximum Gasteiger partial charge on any atom is 0.269 e. The quantitative estimate of drug-likeness (QED) is 0.320. The number of benzene rings is 3. The monoisotopic (exact) mass is 426 g/mol. The van der Waals surface area contributed by atoms with Crippen LogP contribution in [-0.2, 0) is 5.41 Å². The molecule has 0 aromatic heterocycles. The number of nitro groups is 1. The van der Waals surface area contributed by atoms with Gasteiger partial charge in [-0.05, 0) is 55.8 Å². The summed E-state index contributed by atoms with van der Waals surface area (Å²) in [5.41, 5.74) is 2.46. The third-order valence-electron chi connectivity index (χ3n) is 6.68. The Morgan fingerprint density at radius 3 is 2.47 bits per heavy atom. The standard InChI is InChI=1S/C26H22N2O4/c1-25(2)21-16-20(28(30)31)10-11-22(21)27(3)26(25)14-13-18-15-19(9-12-23(18)32-26)24(29)17-7-5-4-6-8-17/h4-16H,1-3H3. The van der Waals surface area contributed by atoms with Gasteiger partial charge in [-0.3, -0.25) is 14.9 Å². The number of nitrogens with zero attached hydrogens (tertiary/aromatic N) is 2. The fourth-order valence-corrected chi connectivity index (χ4v) is 4.81. The van der Waals surface area contributed by atoms with Gasteiger partial charge in [0.05, 0.1) is 10.3 Å². The molecule has 0 saturated carbocycles. The first-order chi connectivity index (χ1) is 15.2. The lowest BCUT2D eigenvalue weighted by Crippen LogP contribution is -2.58. The number of likely N-dealkylation sites (N-methyl/N-ethyl adjacent to an activating group) is 1. The van der Waals surface area contributed by atoms with Gasteiger partial charge in [-0.2, -0.15) is 0 Å². The number of ether oxygens (including phenoxy) is 1. The zero-order valence-corrected chi connectivity index (χ0v) is 18.0. The molecule has 2 aliphatic rings. The van der Waals surface area contributed by atoms with Crippen molar-refractivity contribution < 1.29 is 14.5 Å². The van der Waals surface area contributed by atoms with E-state index in [2.05, 4.69) is 0 Å². The molecule has 0 N–H and O–H groups in total. The summed E-state index contributed by atoms with van der Waals surface area (Å²) in [5.74, 6) is 0.624. The molecule has 0 fully saturated rings. The zero-order valence-electron chi connectivity index (χ0n) is 18.0. The highest BCUT2D eigenvalue weighted by atomic mass is 16.6. The molecular weight excluding hydrogens is 404 g/mol. The smallest absolute Gasteiger partial charge is 0.269 e. The van der Waals surface area contributed by atoms with Crippen LogP contribution in [0.15, 0.2) is 72.8 Å². The molecule has 0 radical (unpaired) electrons. The Balaban J connectivity index is 1.54. The van der Waals surface area contributed by atoms with Crippen LogP contribution in [-0.4, -0.2) is 23.5 Å². The van der Waals surface area contributed by atoms with Gasteiger partial charge in [-0.1, -0.05) is 30.3 Å². The molecule has 2 aliphatic heterocycles. The second-order valence-electron chi connectivity index (χ2n) is 8.72.